The Hall–Kier alpha value is -1.63. The number of benzene rings is 1. The summed E-state index contributed by atoms with van der Waals surface area (Å²) >= 11 is 0. The third-order valence-electron chi connectivity index (χ3n) is 7.19. The van der Waals surface area contributed by atoms with Gasteiger partial charge in [0.05, 0.1) is 0 Å². The van der Waals surface area contributed by atoms with Gasteiger partial charge in [0.15, 0.2) is 5.96 Å². The summed E-state index contributed by atoms with van der Waals surface area (Å²) in [5.74, 6) is 1.65. The van der Waals surface area contributed by atoms with Gasteiger partial charge in [0.1, 0.15) is 0 Å². The van der Waals surface area contributed by atoms with E-state index in [1.165, 1.54) is 31.2 Å². The molecule has 3 aliphatic rings. The topological polar surface area (TPSA) is 58.1 Å². The van der Waals surface area contributed by atoms with Crippen LogP contribution in [0.4, 0.5) is 0 Å². The fourth-order valence-electron chi connectivity index (χ4n) is 5.48. The molecule has 4 rings (SSSR count). The predicted octanol–water partition coefficient (Wildman–Crippen LogP) is 3.57. The molecule has 2 unspecified atom stereocenters. The summed E-state index contributed by atoms with van der Waals surface area (Å²) in [6, 6.07) is 12.8. The second-order valence-electron chi connectivity index (χ2n) is 9.60. The molecule has 2 bridgehead atoms. The molecular formula is C26H42N4O2. The third-order valence-corrected chi connectivity index (χ3v) is 7.19. The van der Waals surface area contributed by atoms with Crippen LogP contribution in [-0.2, 0) is 16.0 Å². The zero-order valence-corrected chi connectivity index (χ0v) is 19.8. The molecule has 3 aliphatic heterocycles. The number of hydrogen-bond acceptors (Lipinski definition) is 4. The smallest absolute Gasteiger partial charge is 0.191 e. The molecule has 0 spiro atoms. The Balaban J connectivity index is 1.18. The fourth-order valence-corrected chi connectivity index (χ4v) is 5.48. The summed E-state index contributed by atoms with van der Waals surface area (Å²) in [4.78, 5) is 7.57. The SMILES string of the molecule is CCNC(=NCCCOCC1CCOCC1)NC1CC2CCC(C1)N2Cc1ccccc1. The monoisotopic (exact) mass is 442 g/mol. The Morgan fingerprint density at radius 3 is 2.56 bits per heavy atom. The summed E-state index contributed by atoms with van der Waals surface area (Å²) < 4.78 is 11.3. The van der Waals surface area contributed by atoms with E-state index in [1.807, 2.05) is 0 Å². The van der Waals surface area contributed by atoms with Crippen molar-refractivity contribution < 1.29 is 9.47 Å². The Kier molecular flexibility index (Phi) is 9.24. The summed E-state index contributed by atoms with van der Waals surface area (Å²) in [5, 5.41) is 7.19. The molecule has 0 amide bonds. The van der Waals surface area contributed by atoms with Crippen LogP contribution >= 0.6 is 0 Å². The second kappa shape index (κ2) is 12.6. The molecule has 0 aliphatic carbocycles. The predicted molar refractivity (Wildman–Crippen MR) is 130 cm³/mol. The highest BCUT2D eigenvalue weighted by atomic mass is 16.5. The molecule has 6 nitrogen and oxygen atoms in total. The van der Waals surface area contributed by atoms with Crippen LogP contribution in [0.5, 0.6) is 0 Å². The zero-order valence-electron chi connectivity index (χ0n) is 19.8. The van der Waals surface area contributed by atoms with E-state index in [9.17, 15) is 0 Å². The van der Waals surface area contributed by atoms with Crippen molar-refractivity contribution in [2.75, 3.05) is 39.5 Å². The Bertz CT molecular complexity index is 678. The van der Waals surface area contributed by atoms with E-state index in [-0.39, 0.29) is 0 Å². The van der Waals surface area contributed by atoms with Gasteiger partial charge in [-0.3, -0.25) is 9.89 Å². The number of aliphatic imine (C=N–C) groups is 1. The van der Waals surface area contributed by atoms with Crippen LogP contribution in [0, 0.1) is 5.92 Å². The van der Waals surface area contributed by atoms with Crippen LogP contribution in [0.15, 0.2) is 35.3 Å². The molecule has 0 aromatic heterocycles. The van der Waals surface area contributed by atoms with Crippen molar-refractivity contribution >= 4 is 5.96 Å². The lowest BCUT2D eigenvalue weighted by Gasteiger charge is -2.39. The van der Waals surface area contributed by atoms with Gasteiger partial charge in [-0.25, -0.2) is 0 Å². The molecule has 1 aromatic rings. The highest BCUT2D eigenvalue weighted by molar-refractivity contribution is 5.80. The van der Waals surface area contributed by atoms with Gasteiger partial charge in [-0.1, -0.05) is 30.3 Å². The zero-order chi connectivity index (χ0) is 22.0. The maximum Gasteiger partial charge on any atom is 0.191 e. The maximum atomic E-state index is 5.89. The number of piperidine rings is 1. The maximum absolute atomic E-state index is 5.89. The van der Waals surface area contributed by atoms with Crippen molar-refractivity contribution in [3.63, 3.8) is 0 Å². The average molecular weight is 443 g/mol. The van der Waals surface area contributed by atoms with E-state index in [1.54, 1.807) is 0 Å². The van der Waals surface area contributed by atoms with E-state index in [2.05, 4.69) is 52.8 Å². The van der Waals surface area contributed by atoms with Gasteiger partial charge in [0.2, 0.25) is 0 Å². The van der Waals surface area contributed by atoms with Crippen molar-refractivity contribution in [2.45, 2.75) is 76.5 Å². The molecule has 32 heavy (non-hydrogen) atoms. The highest BCUT2D eigenvalue weighted by Crippen LogP contribution is 2.36. The second-order valence-corrected chi connectivity index (χ2v) is 9.60. The molecule has 3 fully saturated rings. The van der Waals surface area contributed by atoms with E-state index in [0.717, 1.165) is 71.3 Å². The lowest BCUT2D eigenvalue weighted by Crippen LogP contribution is -2.52. The van der Waals surface area contributed by atoms with Crippen molar-refractivity contribution in [1.82, 2.24) is 15.5 Å². The summed E-state index contributed by atoms with van der Waals surface area (Å²) in [5.41, 5.74) is 1.43. The van der Waals surface area contributed by atoms with Crippen molar-refractivity contribution in [1.29, 1.82) is 0 Å². The molecule has 0 saturated carbocycles. The van der Waals surface area contributed by atoms with Gasteiger partial charge in [-0.2, -0.15) is 0 Å². The van der Waals surface area contributed by atoms with Crippen LogP contribution in [0.3, 0.4) is 0 Å². The van der Waals surface area contributed by atoms with Crippen LogP contribution in [0.2, 0.25) is 0 Å². The minimum atomic E-state index is 0.516. The van der Waals surface area contributed by atoms with Crippen molar-refractivity contribution in [2.24, 2.45) is 10.9 Å². The largest absolute Gasteiger partial charge is 0.381 e. The third kappa shape index (κ3) is 6.93. The minimum Gasteiger partial charge on any atom is -0.381 e. The molecule has 178 valence electrons. The van der Waals surface area contributed by atoms with E-state index in [0.29, 0.717) is 24.0 Å². The minimum absolute atomic E-state index is 0.516. The van der Waals surface area contributed by atoms with Crippen molar-refractivity contribution in [3.8, 4) is 0 Å². The number of guanidine groups is 1. The van der Waals surface area contributed by atoms with Crippen LogP contribution in [0.25, 0.3) is 0 Å². The fraction of sp³-hybridized carbons (Fsp3) is 0.731. The Morgan fingerprint density at radius 2 is 1.84 bits per heavy atom. The number of fused-ring (bicyclic) bond motifs is 2. The number of ether oxygens (including phenoxy) is 2. The number of nitrogens with zero attached hydrogens (tertiary/aromatic N) is 2. The van der Waals surface area contributed by atoms with E-state index in [4.69, 9.17) is 14.5 Å². The number of nitrogens with one attached hydrogen (secondary N) is 2. The molecule has 2 N–H and O–H groups in total. The normalized spacial score (nSPS) is 26.9. The molecule has 1 aromatic carbocycles. The van der Waals surface area contributed by atoms with Gasteiger partial charge in [-0.15, -0.1) is 0 Å². The first kappa shape index (κ1) is 23.5. The molecule has 2 atom stereocenters. The summed E-state index contributed by atoms with van der Waals surface area (Å²) in [6.07, 6.45) is 8.32. The highest BCUT2D eigenvalue weighted by Gasteiger charge is 2.40. The van der Waals surface area contributed by atoms with Crippen LogP contribution < -0.4 is 10.6 Å². The van der Waals surface area contributed by atoms with E-state index >= 15 is 0 Å². The number of hydrogen-bond donors (Lipinski definition) is 2. The van der Waals surface area contributed by atoms with Crippen LogP contribution in [-0.4, -0.2) is 68.5 Å². The van der Waals surface area contributed by atoms with Gasteiger partial charge in [0.25, 0.3) is 0 Å². The molecule has 3 heterocycles. The first-order valence-electron chi connectivity index (χ1n) is 12.8. The summed E-state index contributed by atoms with van der Waals surface area (Å²) in [6.45, 7) is 8.38. The van der Waals surface area contributed by atoms with Gasteiger partial charge < -0.3 is 20.1 Å². The molecular weight excluding hydrogens is 400 g/mol. The van der Waals surface area contributed by atoms with Gasteiger partial charge in [-0.05, 0) is 63.4 Å². The van der Waals surface area contributed by atoms with Gasteiger partial charge >= 0.3 is 0 Å². The molecule has 0 radical (unpaired) electrons. The van der Waals surface area contributed by atoms with Crippen molar-refractivity contribution in [3.05, 3.63) is 35.9 Å². The Morgan fingerprint density at radius 1 is 1.09 bits per heavy atom. The molecule has 6 heteroatoms. The summed E-state index contributed by atoms with van der Waals surface area (Å²) in [7, 11) is 0. The molecule has 3 saturated heterocycles. The first-order chi connectivity index (χ1) is 15.8. The van der Waals surface area contributed by atoms with Crippen LogP contribution in [0.1, 0.15) is 57.4 Å². The lowest BCUT2D eigenvalue weighted by molar-refractivity contribution is 0.0205. The average Bonchev–Trinajstić information content (AvgIpc) is 3.05. The lowest BCUT2D eigenvalue weighted by atomic mass is 9.96. The quantitative estimate of drug-likeness (QED) is 0.330. The Labute approximate surface area is 194 Å². The van der Waals surface area contributed by atoms with Gasteiger partial charge in [0, 0.05) is 64.2 Å². The first-order valence-corrected chi connectivity index (χ1v) is 12.8. The number of rotatable bonds is 10. The van der Waals surface area contributed by atoms with E-state index < -0.39 is 0 Å². The standard InChI is InChI=1S/C26H42N4O2/c1-2-27-26(28-13-6-14-32-20-22-11-15-31-16-12-22)29-23-17-24-9-10-25(18-23)30(24)19-21-7-4-3-5-8-21/h3-5,7-8,22-25H,2,6,9-20H2,1H3,(H2,27,28,29).